The van der Waals surface area contributed by atoms with Gasteiger partial charge < -0.3 is 0 Å². The summed E-state index contributed by atoms with van der Waals surface area (Å²) in [6, 6.07) is 7.12. The van der Waals surface area contributed by atoms with Crippen LogP contribution in [0.3, 0.4) is 0 Å². The van der Waals surface area contributed by atoms with Gasteiger partial charge in [-0.05, 0) is 31.9 Å². The number of hydrogen-bond acceptors (Lipinski definition) is 2. The summed E-state index contributed by atoms with van der Waals surface area (Å²) >= 11 is 0. The first-order valence-electron chi connectivity index (χ1n) is 6.57. The first-order chi connectivity index (χ1) is 8.55. The maximum absolute atomic E-state index is 12.3. The van der Waals surface area contributed by atoms with E-state index in [0.29, 0.717) is 4.90 Å². The Morgan fingerprint density at radius 1 is 1.11 bits per heavy atom. The maximum atomic E-state index is 12.3. The molecule has 0 amide bonds. The number of aryl methyl sites for hydroxylation is 1. The molecule has 0 saturated carbocycles. The van der Waals surface area contributed by atoms with Crippen molar-refractivity contribution in [2.24, 2.45) is 0 Å². The van der Waals surface area contributed by atoms with E-state index in [9.17, 15) is 8.42 Å². The van der Waals surface area contributed by atoms with Crippen LogP contribution in [0.15, 0.2) is 40.8 Å². The van der Waals surface area contributed by atoms with Gasteiger partial charge in [-0.15, -0.1) is 0 Å². The summed E-state index contributed by atoms with van der Waals surface area (Å²) < 4.78 is 24.6. The lowest BCUT2D eigenvalue weighted by molar-refractivity contribution is 0.595. The first kappa shape index (κ1) is 13.3. The van der Waals surface area contributed by atoms with Gasteiger partial charge in [-0.3, -0.25) is 0 Å². The van der Waals surface area contributed by atoms with Crippen LogP contribution < -0.4 is 0 Å². The largest absolute Gasteiger partial charge is 0.223 e. The SMILES string of the molecule is CCCCCC1=C[C@@H]1S(=O)(=O)c1ccc(C)cc1. The third-order valence-corrected chi connectivity index (χ3v) is 5.41. The fourth-order valence-corrected chi connectivity index (χ4v) is 3.79. The Bertz CT molecular complexity index is 538. The van der Waals surface area contributed by atoms with Crippen LogP contribution in [0, 0.1) is 6.92 Å². The van der Waals surface area contributed by atoms with E-state index in [0.717, 1.165) is 24.0 Å². The third-order valence-electron chi connectivity index (χ3n) is 3.37. The Morgan fingerprint density at radius 2 is 1.78 bits per heavy atom. The van der Waals surface area contributed by atoms with Crippen molar-refractivity contribution in [2.75, 3.05) is 0 Å². The molecule has 18 heavy (non-hydrogen) atoms. The zero-order valence-electron chi connectivity index (χ0n) is 11.0. The minimum atomic E-state index is -3.16. The van der Waals surface area contributed by atoms with Crippen molar-refractivity contribution in [1.82, 2.24) is 0 Å². The first-order valence-corrected chi connectivity index (χ1v) is 8.11. The van der Waals surface area contributed by atoms with Crippen LogP contribution in [-0.2, 0) is 9.84 Å². The van der Waals surface area contributed by atoms with Gasteiger partial charge in [0.2, 0.25) is 0 Å². The molecule has 98 valence electrons. The van der Waals surface area contributed by atoms with Crippen LogP contribution >= 0.6 is 0 Å². The molecular weight excluding hydrogens is 244 g/mol. The second kappa shape index (κ2) is 5.27. The lowest BCUT2D eigenvalue weighted by Gasteiger charge is -2.05. The highest BCUT2D eigenvalue weighted by atomic mass is 32.2. The van der Waals surface area contributed by atoms with E-state index in [1.165, 1.54) is 12.8 Å². The van der Waals surface area contributed by atoms with Crippen molar-refractivity contribution in [3.8, 4) is 0 Å². The van der Waals surface area contributed by atoms with Crippen molar-refractivity contribution in [1.29, 1.82) is 0 Å². The molecule has 0 unspecified atom stereocenters. The van der Waals surface area contributed by atoms with Gasteiger partial charge in [0.15, 0.2) is 9.84 Å². The van der Waals surface area contributed by atoms with Gasteiger partial charge >= 0.3 is 0 Å². The van der Waals surface area contributed by atoms with E-state index in [2.05, 4.69) is 6.92 Å². The highest BCUT2D eigenvalue weighted by Crippen LogP contribution is 2.36. The van der Waals surface area contributed by atoms with E-state index in [1.54, 1.807) is 12.1 Å². The van der Waals surface area contributed by atoms with Gasteiger partial charge in [0.05, 0.1) is 4.90 Å². The fourth-order valence-electron chi connectivity index (χ4n) is 2.11. The van der Waals surface area contributed by atoms with Gasteiger partial charge in [0.25, 0.3) is 0 Å². The Hall–Kier alpha value is -1.09. The van der Waals surface area contributed by atoms with Crippen molar-refractivity contribution in [3.63, 3.8) is 0 Å². The van der Waals surface area contributed by atoms with Crippen LogP contribution in [0.1, 0.15) is 38.2 Å². The average molecular weight is 264 g/mol. The average Bonchev–Trinajstić information content (AvgIpc) is 3.10. The van der Waals surface area contributed by atoms with Crippen LogP contribution in [-0.4, -0.2) is 13.7 Å². The topological polar surface area (TPSA) is 34.1 Å². The number of unbranched alkanes of at least 4 members (excludes halogenated alkanes) is 2. The molecular formula is C15H20O2S. The minimum absolute atomic E-state index is 0.322. The lowest BCUT2D eigenvalue weighted by Crippen LogP contribution is -2.10. The van der Waals surface area contributed by atoms with Crippen LogP contribution in [0.2, 0.25) is 0 Å². The van der Waals surface area contributed by atoms with E-state index < -0.39 is 9.84 Å². The van der Waals surface area contributed by atoms with Gasteiger partial charge in [-0.1, -0.05) is 49.1 Å². The standard InChI is InChI=1S/C15H20O2S/c1-3-4-5-6-13-11-15(13)18(16,17)14-9-7-12(2)8-10-14/h7-11,15H,3-6H2,1-2H3/t15-/m0/s1. The minimum Gasteiger partial charge on any atom is -0.223 e. The van der Waals surface area contributed by atoms with Crippen LogP contribution in [0.25, 0.3) is 0 Å². The van der Waals surface area contributed by atoms with Gasteiger partial charge in [-0.2, -0.15) is 0 Å². The molecule has 0 aromatic heterocycles. The molecule has 1 aliphatic rings. The Kier molecular flexibility index (Phi) is 3.91. The maximum Gasteiger partial charge on any atom is 0.188 e. The van der Waals surface area contributed by atoms with Gasteiger partial charge in [0.1, 0.15) is 5.25 Å². The summed E-state index contributed by atoms with van der Waals surface area (Å²) in [5.41, 5.74) is 2.19. The number of rotatable bonds is 6. The Labute approximate surface area is 110 Å². The summed E-state index contributed by atoms with van der Waals surface area (Å²) in [6.45, 7) is 4.11. The predicted octanol–water partition coefficient (Wildman–Crippen LogP) is 3.66. The lowest BCUT2D eigenvalue weighted by atomic mass is 10.2. The molecule has 3 heteroatoms. The molecule has 0 aliphatic heterocycles. The quantitative estimate of drug-likeness (QED) is 0.580. The number of sulfone groups is 1. The molecule has 2 nitrogen and oxygen atoms in total. The molecule has 1 aromatic carbocycles. The Balaban J connectivity index is 2.00. The normalized spacial score (nSPS) is 18.6. The second-order valence-electron chi connectivity index (χ2n) is 4.98. The highest BCUT2D eigenvalue weighted by Gasteiger charge is 2.37. The van der Waals surface area contributed by atoms with Crippen LogP contribution in [0.4, 0.5) is 0 Å². The van der Waals surface area contributed by atoms with Crippen LogP contribution in [0.5, 0.6) is 0 Å². The zero-order valence-corrected chi connectivity index (χ0v) is 11.8. The molecule has 0 fully saturated rings. The highest BCUT2D eigenvalue weighted by molar-refractivity contribution is 7.92. The van der Waals surface area contributed by atoms with E-state index >= 15 is 0 Å². The fraction of sp³-hybridized carbons (Fsp3) is 0.467. The Morgan fingerprint density at radius 3 is 2.39 bits per heavy atom. The summed E-state index contributed by atoms with van der Waals surface area (Å²) in [7, 11) is -3.16. The number of benzene rings is 1. The molecule has 1 aliphatic carbocycles. The van der Waals surface area contributed by atoms with Crippen molar-refractivity contribution >= 4 is 9.84 Å². The molecule has 1 atom stereocenters. The van der Waals surface area contributed by atoms with Gasteiger partial charge in [-0.25, -0.2) is 8.42 Å². The zero-order chi connectivity index (χ0) is 13.2. The summed E-state index contributed by atoms with van der Waals surface area (Å²) in [5, 5.41) is -0.322. The third kappa shape index (κ3) is 2.83. The molecule has 0 heterocycles. The molecule has 2 rings (SSSR count). The summed E-state index contributed by atoms with van der Waals surface area (Å²) in [4.78, 5) is 0.444. The second-order valence-corrected chi connectivity index (χ2v) is 7.05. The smallest absolute Gasteiger partial charge is 0.188 e. The summed E-state index contributed by atoms with van der Waals surface area (Å²) in [5.74, 6) is 0. The molecule has 0 N–H and O–H groups in total. The van der Waals surface area contributed by atoms with E-state index in [4.69, 9.17) is 0 Å². The molecule has 0 radical (unpaired) electrons. The summed E-state index contributed by atoms with van der Waals surface area (Å²) in [6.07, 6.45) is 6.27. The molecule has 0 saturated heterocycles. The van der Waals surface area contributed by atoms with Crippen molar-refractivity contribution in [2.45, 2.75) is 49.7 Å². The van der Waals surface area contributed by atoms with Crippen molar-refractivity contribution in [3.05, 3.63) is 41.5 Å². The van der Waals surface area contributed by atoms with E-state index in [-0.39, 0.29) is 5.25 Å². The predicted molar refractivity (Wildman–Crippen MR) is 74.4 cm³/mol. The molecule has 0 bridgehead atoms. The van der Waals surface area contributed by atoms with Gasteiger partial charge in [0, 0.05) is 0 Å². The van der Waals surface area contributed by atoms with Crippen molar-refractivity contribution < 1.29 is 8.42 Å². The number of hydrogen-bond donors (Lipinski definition) is 0. The molecule has 1 aromatic rings. The molecule has 0 spiro atoms. The van der Waals surface area contributed by atoms with E-state index in [1.807, 2.05) is 25.1 Å². The monoisotopic (exact) mass is 264 g/mol.